The molecule has 3 aliphatic carbocycles. The molecule has 0 bridgehead atoms. The lowest BCUT2D eigenvalue weighted by Gasteiger charge is -2.56. The maximum atomic E-state index is 12.5. The SMILES string of the molecule is CC(C)CCC[C@@H](C)[C@H]1CC[C@H]2[C@H](C=O)[C@@H]([C@@]3(C)CC[C@H](C)C[C@@H]3C=O)CC[C@]12C. The van der Waals surface area contributed by atoms with Gasteiger partial charge in [-0.2, -0.15) is 0 Å². The number of carbonyl (C=O) groups is 2. The zero-order valence-corrected chi connectivity index (χ0v) is 20.7. The van der Waals surface area contributed by atoms with Crippen molar-refractivity contribution in [2.45, 2.75) is 106 Å². The van der Waals surface area contributed by atoms with E-state index in [9.17, 15) is 9.59 Å². The van der Waals surface area contributed by atoms with Crippen LogP contribution in [0.15, 0.2) is 0 Å². The molecule has 0 aromatic heterocycles. The summed E-state index contributed by atoms with van der Waals surface area (Å²) in [4.78, 5) is 24.6. The van der Waals surface area contributed by atoms with Crippen LogP contribution in [0.4, 0.5) is 0 Å². The number of carbonyl (C=O) groups excluding carboxylic acids is 2. The molecule has 30 heavy (non-hydrogen) atoms. The first-order chi connectivity index (χ1) is 14.2. The molecule has 0 amide bonds. The molecule has 3 aliphatic rings. The third-order valence-corrected chi connectivity index (χ3v) is 10.4. The topological polar surface area (TPSA) is 34.1 Å². The third kappa shape index (κ3) is 4.31. The van der Waals surface area contributed by atoms with Crippen LogP contribution in [0.5, 0.6) is 0 Å². The average molecular weight is 417 g/mol. The fourth-order valence-electron chi connectivity index (χ4n) is 8.41. The Hall–Kier alpha value is -0.660. The predicted molar refractivity (Wildman–Crippen MR) is 125 cm³/mol. The highest BCUT2D eigenvalue weighted by Crippen LogP contribution is 2.64. The Morgan fingerprint density at radius 3 is 2.17 bits per heavy atom. The van der Waals surface area contributed by atoms with Gasteiger partial charge in [0.2, 0.25) is 0 Å². The first-order valence-corrected chi connectivity index (χ1v) is 13.1. The summed E-state index contributed by atoms with van der Waals surface area (Å²) < 4.78 is 0. The minimum Gasteiger partial charge on any atom is -0.303 e. The third-order valence-electron chi connectivity index (χ3n) is 10.4. The minimum atomic E-state index is 0.0160. The van der Waals surface area contributed by atoms with Gasteiger partial charge in [-0.3, -0.25) is 0 Å². The molecule has 0 aromatic carbocycles. The van der Waals surface area contributed by atoms with Crippen molar-refractivity contribution in [2.24, 2.45) is 58.2 Å². The van der Waals surface area contributed by atoms with E-state index in [1.165, 1.54) is 57.5 Å². The summed E-state index contributed by atoms with van der Waals surface area (Å²) in [5, 5.41) is 0. The van der Waals surface area contributed by atoms with Gasteiger partial charge in [-0.1, -0.05) is 67.2 Å². The summed E-state index contributed by atoms with van der Waals surface area (Å²) in [6.45, 7) is 14.3. The first kappa shape index (κ1) is 24.0. The van der Waals surface area contributed by atoms with Gasteiger partial charge in [0, 0.05) is 11.8 Å². The smallest absolute Gasteiger partial charge is 0.123 e. The van der Waals surface area contributed by atoms with Gasteiger partial charge in [-0.05, 0) is 84.9 Å². The Morgan fingerprint density at radius 2 is 1.53 bits per heavy atom. The Kier molecular flexibility index (Phi) is 7.56. The summed E-state index contributed by atoms with van der Waals surface area (Å²) in [5.41, 5.74) is 0.330. The largest absolute Gasteiger partial charge is 0.303 e. The van der Waals surface area contributed by atoms with E-state index in [1.54, 1.807) is 0 Å². The molecule has 3 rings (SSSR count). The summed E-state index contributed by atoms with van der Waals surface area (Å²) in [7, 11) is 0. The van der Waals surface area contributed by atoms with Gasteiger partial charge in [-0.15, -0.1) is 0 Å². The second kappa shape index (κ2) is 9.45. The average Bonchev–Trinajstić information content (AvgIpc) is 3.05. The van der Waals surface area contributed by atoms with Gasteiger partial charge in [0.25, 0.3) is 0 Å². The van der Waals surface area contributed by atoms with Crippen LogP contribution in [-0.4, -0.2) is 12.6 Å². The zero-order chi connectivity index (χ0) is 22.1. The van der Waals surface area contributed by atoms with Crippen LogP contribution in [-0.2, 0) is 9.59 Å². The molecule has 0 N–H and O–H groups in total. The van der Waals surface area contributed by atoms with Crippen molar-refractivity contribution in [3.8, 4) is 0 Å². The molecule has 2 nitrogen and oxygen atoms in total. The summed E-state index contributed by atoms with van der Waals surface area (Å²) in [5.74, 6) is 4.15. The highest BCUT2D eigenvalue weighted by molar-refractivity contribution is 5.58. The lowest BCUT2D eigenvalue weighted by atomic mass is 9.48. The molecule has 0 unspecified atom stereocenters. The van der Waals surface area contributed by atoms with Crippen molar-refractivity contribution in [3.05, 3.63) is 0 Å². The number of hydrogen-bond acceptors (Lipinski definition) is 2. The molecular weight excluding hydrogens is 368 g/mol. The lowest BCUT2D eigenvalue weighted by Crippen LogP contribution is -2.51. The fraction of sp³-hybridized carbons (Fsp3) is 0.929. The molecule has 172 valence electrons. The van der Waals surface area contributed by atoms with Crippen LogP contribution in [0.25, 0.3) is 0 Å². The standard InChI is InChI=1S/C28H48O2/c1-19(2)8-7-9-21(4)24-10-11-25-23(18-30)26(13-15-28(24,25)6)27(5)14-12-20(3)16-22(27)17-29/h17-26H,7-16H2,1-6H3/t20-,21+,22+,23-,24+,25-,26-,27-,28+/m0/s1. The second-order valence-electron chi connectivity index (χ2n) is 12.6. The van der Waals surface area contributed by atoms with Crippen LogP contribution < -0.4 is 0 Å². The highest BCUT2D eigenvalue weighted by atomic mass is 16.1. The monoisotopic (exact) mass is 416 g/mol. The van der Waals surface area contributed by atoms with Gasteiger partial charge in [0.05, 0.1) is 0 Å². The minimum absolute atomic E-state index is 0.0160. The van der Waals surface area contributed by atoms with Crippen molar-refractivity contribution < 1.29 is 9.59 Å². The molecule has 0 radical (unpaired) electrons. The molecule has 2 heteroatoms. The summed E-state index contributed by atoms with van der Waals surface area (Å²) in [6.07, 6.45) is 14.8. The van der Waals surface area contributed by atoms with E-state index >= 15 is 0 Å². The van der Waals surface area contributed by atoms with Gasteiger partial charge in [-0.25, -0.2) is 0 Å². The van der Waals surface area contributed by atoms with Gasteiger partial charge in [0.1, 0.15) is 12.6 Å². The Balaban J connectivity index is 1.76. The maximum absolute atomic E-state index is 12.5. The van der Waals surface area contributed by atoms with Crippen molar-refractivity contribution in [1.82, 2.24) is 0 Å². The van der Waals surface area contributed by atoms with Crippen LogP contribution >= 0.6 is 0 Å². The zero-order valence-electron chi connectivity index (χ0n) is 20.7. The lowest BCUT2D eigenvalue weighted by molar-refractivity contribution is -0.136. The number of fused-ring (bicyclic) bond motifs is 1. The fourth-order valence-corrected chi connectivity index (χ4v) is 8.41. The van der Waals surface area contributed by atoms with Gasteiger partial charge >= 0.3 is 0 Å². The molecule has 0 aromatic rings. The maximum Gasteiger partial charge on any atom is 0.123 e. The quantitative estimate of drug-likeness (QED) is 0.388. The van der Waals surface area contributed by atoms with Gasteiger partial charge < -0.3 is 9.59 Å². The van der Waals surface area contributed by atoms with Crippen LogP contribution in [0.1, 0.15) is 106 Å². The first-order valence-electron chi connectivity index (χ1n) is 13.1. The van der Waals surface area contributed by atoms with Crippen LogP contribution in [0, 0.1) is 58.2 Å². The highest BCUT2D eigenvalue weighted by Gasteiger charge is 2.59. The number of hydrogen-bond donors (Lipinski definition) is 0. The van der Waals surface area contributed by atoms with Crippen molar-refractivity contribution >= 4 is 12.6 Å². The van der Waals surface area contributed by atoms with Gasteiger partial charge in [0.15, 0.2) is 0 Å². The van der Waals surface area contributed by atoms with E-state index in [0.717, 1.165) is 37.0 Å². The normalized spacial score (nSPS) is 45.2. The molecule has 3 saturated carbocycles. The van der Waals surface area contributed by atoms with E-state index in [-0.39, 0.29) is 17.3 Å². The molecular formula is C28H48O2. The Bertz CT molecular complexity index is 597. The summed E-state index contributed by atoms with van der Waals surface area (Å²) in [6, 6.07) is 0. The van der Waals surface area contributed by atoms with E-state index in [1.807, 2.05) is 0 Å². The Morgan fingerprint density at radius 1 is 0.867 bits per heavy atom. The van der Waals surface area contributed by atoms with Crippen molar-refractivity contribution in [1.29, 1.82) is 0 Å². The Labute approximate surface area is 186 Å². The molecule has 9 atom stereocenters. The van der Waals surface area contributed by atoms with E-state index in [2.05, 4.69) is 41.5 Å². The molecule has 0 aliphatic heterocycles. The number of aldehydes is 2. The summed E-state index contributed by atoms with van der Waals surface area (Å²) >= 11 is 0. The van der Waals surface area contributed by atoms with Crippen LogP contribution in [0.3, 0.4) is 0 Å². The molecule has 0 heterocycles. The van der Waals surface area contributed by atoms with Crippen molar-refractivity contribution in [2.75, 3.05) is 0 Å². The van der Waals surface area contributed by atoms with E-state index < -0.39 is 0 Å². The van der Waals surface area contributed by atoms with E-state index in [0.29, 0.717) is 23.2 Å². The molecule has 3 fully saturated rings. The molecule has 0 spiro atoms. The molecule has 0 saturated heterocycles. The predicted octanol–water partition coefficient (Wildman–Crippen LogP) is 7.35. The van der Waals surface area contributed by atoms with Crippen LogP contribution in [0.2, 0.25) is 0 Å². The van der Waals surface area contributed by atoms with Crippen molar-refractivity contribution in [3.63, 3.8) is 0 Å². The van der Waals surface area contributed by atoms with E-state index in [4.69, 9.17) is 0 Å². The number of rotatable bonds is 8. The second-order valence-corrected chi connectivity index (χ2v) is 12.6.